The molecule has 0 aliphatic carbocycles. The molecule has 0 unspecified atom stereocenters. The van der Waals surface area contributed by atoms with Gasteiger partial charge in [-0.15, -0.1) is 0 Å². The number of rotatable bonds is 7. The highest BCUT2D eigenvalue weighted by molar-refractivity contribution is 6.73. The van der Waals surface area contributed by atoms with E-state index < -0.39 is 0 Å². The van der Waals surface area contributed by atoms with Crippen molar-refractivity contribution in [2.24, 2.45) is 0 Å². The Bertz CT molecular complexity index is 3300. The lowest BCUT2D eigenvalue weighted by Crippen LogP contribution is -2.41. The van der Waals surface area contributed by atoms with Crippen LogP contribution in [0.2, 0.25) is 0 Å². The van der Waals surface area contributed by atoms with Crippen LogP contribution >= 0.6 is 0 Å². The van der Waals surface area contributed by atoms with Gasteiger partial charge in [-0.3, -0.25) is 0 Å². The molecule has 1 heterocycles. The number of aryl methyl sites for hydroxylation is 3. The summed E-state index contributed by atoms with van der Waals surface area (Å²) in [5.74, 6) is 0. The van der Waals surface area contributed by atoms with Gasteiger partial charge in [-0.05, 0) is 152 Å². The number of benzene rings is 10. The van der Waals surface area contributed by atoms with E-state index in [0.29, 0.717) is 0 Å². The van der Waals surface area contributed by atoms with Crippen LogP contribution < -0.4 is 21.1 Å². The van der Waals surface area contributed by atoms with E-state index in [1.54, 1.807) is 0 Å². The lowest BCUT2D eigenvalue weighted by Gasteiger charge is -2.37. The molecule has 1 aliphatic rings. The summed E-state index contributed by atoms with van der Waals surface area (Å²) in [6, 6.07) is 75.5. The molecule has 1 N–H and O–H groups in total. The van der Waals surface area contributed by atoms with Crippen molar-refractivity contribution in [1.82, 2.24) is 0 Å². The Kier molecular flexibility index (Phi) is 9.32. The first-order valence-corrected chi connectivity index (χ1v) is 21.5. The Morgan fingerprint density at radius 2 is 0.919 bits per heavy atom. The van der Waals surface area contributed by atoms with E-state index in [0.717, 1.165) is 28.3 Å². The molecule has 2 nitrogen and oxygen atoms in total. The van der Waals surface area contributed by atoms with Crippen LogP contribution in [-0.2, 0) is 0 Å². The van der Waals surface area contributed by atoms with Gasteiger partial charge < -0.3 is 10.2 Å². The molecule has 1 aliphatic heterocycles. The number of fused-ring (bicyclic) bond motifs is 4. The minimum absolute atomic E-state index is 1.04. The Morgan fingerprint density at radius 1 is 0.371 bits per heavy atom. The van der Waals surface area contributed by atoms with Crippen LogP contribution in [0.3, 0.4) is 0 Å². The summed E-state index contributed by atoms with van der Waals surface area (Å²) < 4.78 is 0. The van der Waals surface area contributed by atoms with Gasteiger partial charge in [0, 0.05) is 34.0 Å². The van der Waals surface area contributed by atoms with Crippen molar-refractivity contribution in [1.29, 1.82) is 0 Å². The molecule has 0 amide bonds. The Balaban J connectivity index is 1.19. The SMILES string of the molecule is Cc1ccc(-c2ccccc2)cc1N1c2cc3ccccc3cc2[B]c2c(-c3cc4ccccc4cc3Nc3ccc(-c4ccccc4)cc3)cc(-c3c(C)cccc3C)cc21. The fourth-order valence-corrected chi connectivity index (χ4v) is 9.47. The molecular weight excluding hydrogens is 747 g/mol. The maximum Gasteiger partial charge on any atom is 0.197 e. The topological polar surface area (TPSA) is 15.3 Å². The van der Waals surface area contributed by atoms with E-state index in [9.17, 15) is 0 Å². The molecule has 293 valence electrons. The van der Waals surface area contributed by atoms with Gasteiger partial charge in [0.2, 0.25) is 0 Å². The van der Waals surface area contributed by atoms with E-state index in [-0.39, 0.29) is 0 Å². The summed E-state index contributed by atoms with van der Waals surface area (Å²) in [5, 5.41) is 8.75. The van der Waals surface area contributed by atoms with Gasteiger partial charge in [-0.2, -0.15) is 0 Å². The fraction of sp³-hybridized carbons (Fsp3) is 0.0508. The third-order valence-corrected chi connectivity index (χ3v) is 12.6. The smallest absolute Gasteiger partial charge is 0.197 e. The second kappa shape index (κ2) is 15.4. The molecule has 11 rings (SSSR count). The van der Waals surface area contributed by atoms with E-state index in [1.807, 2.05) is 0 Å². The zero-order valence-electron chi connectivity index (χ0n) is 35.2. The van der Waals surface area contributed by atoms with Crippen molar-refractivity contribution in [2.45, 2.75) is 20.8 Å². The second-order valence-electron chi connectivity index (χ2n) is 16.6. The highest BCUT2D eigenvalue weighted by Gasteiger charge is 2.31. The van der Waals surface area contributed by atoms with Crippen LogP contribution in [0.1, 0.15) is 16.7 Å². The van der Waals surface area contributed by atoms with Crippen LogP contribution in [0.4, 0.5) is 28.4 Å². The van der Waals surface area contributed by atoms with E-state index in [4.69, 9.17) is 0 Å². The van der Waals surface area contributed by atoms with Crippen molar-refractivity contribution in [3.63, 3.8) is 0 Å². The third-order valence-electron chi connectivity index (χ3n) is 12.6. The summed E-state index contributed by atoms with van der Waals surface area (Å²) in [7, 11) is 2.43. The molecule has 0 aromatic heterocycles. The largest absolute Gasteiger partial charge is 0.355 e. The summed E-state index contributed by atoms with van der Waals surface area (Å²) in [6.45, 7) is 6.72. The highest BCUT2D eigenvalue weighted by Crippen LogP contribution is 2.45. The quantitative estimate of drug-likeness (QED) is 0.162. The number of nitrogens with zero attached hydrogens (tertiary/aromatic N) is 1. The average Bonchev–Trinajstić information content (AvgIpc) is 3.31. The summed E-state index contributed by atoms with van der Waals surface area (Å²) in [6.07, 6.45) is 0. The monoisotopic (exact) mass is 791 g/mol. The predicted octanol–water partition coefficient (Wildman–Crippen LogP) is 14.8. The summed E-state index contributed by atoms with van der Waals surface area (Å²) >= 11 is 0. The number of hydrogen-bond donors (Lipinski definition) is 1. The molecule has 0 spiro atoms. The Morgan fingerprint density at radius 3 is 1.60 bits per heavy atom. The van der Waals surface area contributed by atoms with Crippen molar-refractivity contribution < 1.29 is 0 Å². The molecule has 0 saturated carbocycles. The zero-order chi connectivity index (χ0) is 41.7. The van der Waals surface area contributed by atoms with Gasteiger partial charge in [-0.25, -0.2) is 0 Å². The van der Waals surface area contributed by atoms with Crippen LogP contribution in [0.5, 0.6) is 0 Å². The normalized spacial score (nSPS) is 11.9. The first-order valence-electron chi connectivity index (χ1n) is 21.5. The highest BCUT2D eigenvalue weighted by atomic mass is 15.2. The molecule has 0 bridgehead atoms. The molecule has 10 aromatic carbocycles. The van der Waals surface area contributed by atoms with E-state index >= 15 is 0 Å². The van der Waals surface area contributed by atoms with Crippen LogP contribution in [-0.4, -0.2) is 7.28 Å². The summed E-state index contributed by atoms with van der Waals surface area (Å²) in [5.41, 5.74) is 21.3. The van der Waals surface area contributed by atoms with Gasteiger partial charge in [0.1, 0.15) is 0 Å². The molecule has 62 heavy (non-hydrogen) atoms. The maximum atomic E-state index is 3.92. The van der Waals surface area contributed by atoms with E-state index in [1.165, 1.54) is 93.8 Å². The van der Waals surface area contributed by atoms with E-state index in [2.05, 4.69) is 245 Å². The van der Waals surface area contributed by atoms with Crippen LogP contribution in [0.15, 0.2) is 206 Å². The Hall–Kier alpha value is -7.62. The lowest BCUT2D eigenvalue weighted by atomic mass is 9.57. The predicted molar refractivity (Wildman–Crippen MR) is 267 cm³/mol. The van der Waals surface area contributed by atoms with Crippen molar-refractivity contribution in [3.8, 4) is 44.5 Å². The van der Waals surface area contributed by atoms with Gasteiger partial charge >= 0.3 is 0 Å². The Labute approximate surface area is 365 Å². The average molecular weight is 792 g/mol. The van der Waals surface area contributed by atoms with Gasteiger partial charge in [0.15, 0.2) is 7.28 Å². The molecule has 0 fully saturated rings. The first-order chi connectivity index (χ1) is 30.4. The standard InChI is InChI=1S/C59H44BN2/c1-38-25-26-48(42-19-8-5-9-20-42)35-55(38)62-56-36-47-24-13-11-22-45(47)33-53(56)60-59-52(32-49(37-57(59)62)58-39(2)15-14-16-40(58)3)51-31-44-21-10-12-23-46(44)34-54(51)61-50-29-27-43(28-30-50)41-17-6-4-7-18-41/h4-37,61H,1-3H3. The van der Waals surface area contributed by atoms with Crippen LogP contribution in [0.25, 0.3) is 66.1 Å². The van der Waals surface area contributed by atoms with Gasteiger partial charge in [0.25, 0.3) is 0 Å². The third kappa shape index (κ3) is 6.73. The van der Waals surface area contributed by atoms with Crippen molar-refractivity contribution in [2.75, 3.05) is 10.2 Å². The van der Waals surface area contributed by atoms with Crippen molar-refractivity contribution >= 4 is 68.2 Å². The minimum atomic E-state index is 1.04. The fourth-order valence-electron chi connectivity index (χ4n) is 9.47. The molecule has 0 atom stereocenters. The number of nitrogens with one attached hydrogen (secondary N) is 1. The summed E-state index contributed by atoms with van der Waals surface area (Å²) in [4.78, 5) is 2.54. The van der Waals surface area contributed by atoms with Gasteiger partial charge in [0.05, 0.1) is 0 Å². The number of anilines is 5. The van der Waals surface area contributed by atoms with Crippen LogP contribution in [0, 0.1) is 20.8 Å². The maximum absolute atomic E-state index is 3.92. The number of hydrogen-bond acceptors (Lipinski definition) is 2. The molecule has 1 radical (unpaired) electrons. The minimum Gasteiger partial charge on any atom is -0.355 e. The first kappa shape index (κ1) is 37.4. The molecular formula is C59H44BN2. The molecule has 10 aromatic rings. The molecule has 0 saturated heterocycles. The van der Waals surface area contributed by atoms with Crippen molar-refractivity contribution in [3.05, 3.63) is 223 Å². The zero-order valence-corrected chi connectivity index (χ0v) is 35.2. The van der Waals surface area contributed by atoms with Gasteiger partial charge in [-0.1, -0.05) is 163 Å². The lowest BCUT2D eigenvalue weighted by molar-refractivity contribution is 1.26. The molecule has 3 heteroatoms. The second-order valence-corrected chi connectivity index (χ2v) is 16.6.